The van der Waals surface area contributed by atoms with E-state index in [1.165, 1.54) is 39.4 Å². The molecule has 0 amide bonds. The van der Waals surface area contributed by atoms with Crippen LogP contribution in [0, 0.1) is 0 Å². The molecule has 0 aliphatic carbocycles. The van der Waals surface area contributed by atoms with Gasteiger partial charge in [-0.25, -0.2) is 17.5 Å². The molecule has 22 heavy (non-hydrogen) atoms. The van der Waals surface area contributed by atoms with Crippen molar-refractivity contribution >= 4 is 16.0 Å². The van der Waals surface area contributed by atoms with E-state index < -0.39 is 16.0 Å². The summed E-state index contributed by atoms with van der Waals surface area (Å²) in [6, 6.07) is 4.17. The average Bonchev–Trinajstić information content (AvgIpc) is 2.50. The Bertz CT molecular complexity index is 650. The van der Waals surface area contributed by atoms with Crippen molar-refractivity contribution in [1.82, 2.24) is 4.31 Å². The molecule has 0 atom stereocenters. The number of carbonyl (C=O) groups is 1. The zero-order valence-electron chi connectivity index (χ0n) is 13.2. The Kier molecular flexibility index (Phi) is 6.58. The van der Waals surface area contributed by atoms with E-state index in [1.807, 2.05) is 13.0 Å². The van der Waals surface area contributed by atoms with E-state index in [4.69, 9.17) is 9.47 Å². The zero-order chi connectivity index (χ0) is 16.8. The molecule has 6 nitrogen and oxygen atoms in total. The molecule has 0 saturated carbocycles. The van der Waals surface area contributed by atoms with Crippen molar-refractivity contribution in [2.24, 2.45) is 0 Å². The Morgan fingerprint density at radius 2 is 1.95 bits per heavy atom. The minimum Gasteiger partial charge on any atom is -0.495 e. The highest BCUT2D eigenvalue weighted by Crippen LogP contribution is 2.27. The summed E-state index contributed by atoms with van der Waals surface area (Å²) in [5.41, 5.74) is 0.158. The summed E-state index contributed by atoms with van der Waals surface area (Å²) in [6.45, 7) is 2.12. The van der Waals surface area contributed by atoms with Crippen LogP contribution in [0.5, 0.6) is 5.75 Å². The normalized spacial score (nSPS) is 11.9. The number of hydrogen-bond acceptors (Lipinski definition) is 5. The highest BCUT2D eigenvalue weighted by Gasteiger charge is 2.24. The number of hydrogen-bond donors (Lipinski definition) is 0. The number of esters is 1. The number of benzene rings is 1. The summed E-state index contributed by atoms with van der Waals surface area (Å²) < 4.78 is 35.7. The molecule has 0 fully saturated rings. The van der Waals surface area contributed by atoms with Crippen molar-refractivity contribution in [3.63, 3.8) is 0 Å². The van der Waals surface area contributed by atoms with Crippen LogP contribution in [0.4, 0.5) is 0 Å². The number of allylic oxidation sites excluding steroid dienone is 1. The highest BCUT2D eigenvalue weighted by molar-refractivity contribution is 7.89. The minimum atomic E-state index is -3.72. The van der Waals surface area contributed by atoms with Gasteiger partial charge in [0, 0.05) is 14.1 Å². The fraction of sp³-hybridized carbons (Fsp3) is 0.400. The van der Waals surface area contributed by atoms with E-state index in [1.54, 1.807) is 6.08 Å². The molecule has 0 N–H and O–H groups in total. The van der Waals surface area contributed by atoms with Gasteiger partial charge in [-0.2, -0.15) is 0 Å². The van der Waals surface area contributed by atoms with Crippen molar-refractivity contribution in [3.8, 4) is 5.75 Å². The summed E-state index contributed by atoms with van der Waals surface area (Å²) >= 11 is 0. The Morgan fingerprint density at radius 1 is 1.27 bits per heavy atom. The zero-order valence-corrected chi connectivity index (χ0v) is 14.0. The number of sulfonamides is 1. The Balaban J connectivity index is 3.10. The minimum absolute atomic E-state index is 0.0708. The van der Waals surface area contributed by atoms with Crippen LogP contribution in [-0.2, 0) is 14.8 Å². The van der Waals surface area contributed by atoms with Gasteiger partial charge in [0.15, 0.2) is 0 Å². The molecule has 1 aromatic rings. The smallest absolute Gasteiger partial charge is 0.338 e. The van der Waals surface area contributed by atoms with Crippen molar-refractivity contribution in [2.75, 3.05) is 27.8 Å². The summed E-state index contributed by atoms with van der Waals surface area (Å²) in [6.07, 6.45) is 4.47. The summed E-state index contributed by atoms with van der Waals surface area (Å²) in [4.78, 5) is 11.9. The lowest BCUT2D eigenvalue weighted by atomic mass is 10.2. The summed E-state index contributed by atoms with van der Waals surface area (Å²) in [5.74, 6) is -0.408. The molecule has 1 aromatic carbocycles. The molecule has 0 saturated heterocycles. The lowest BCUT2D eigenvalue weighted by Gasteiger charge is -2.15. The molecule has 0 aliphatic rings. The lowest BCUT2D eigenvalue weighted by molar-refractivity contribution is 0.0549. The maximum atomic E-state index is 12.3. The molecular weight excluding hydrogens is 306 g/mol. The van der Waals surface area contributed by atoms with Crippen molar-refractivity contribution < 1.29 is 22.7 Å². The van der Waals surface area contributed by atoms with Crippen molar-refractivity contribution in [1.29, 1.82) is 0 Å². The van der Waals surface area contributed by atoms with Crippen LogP contribution in [0.1, 0.15) is 23.7 Å². The Labute approximate surface area is 131 Å². The maximum absolute atomic E-state index is 12.3. The molecule has 0 unspecified atom stereocenters. The topological polar surface area (TPSA) is 72.9 Å². The van der Waals surface area contributed by atoms with Gasteiger partial charge in [0.2, 0.25) is 10.0 Å². The second-order valence-electron chi connectivity index (χ2n) is 4.63. The Hall–Kier alpha value is -1.86. The van der Waals surface area contributed by atoms with Crippen molar-refractivity contribution in [2.45, 2.75) is 18.2 Å². The third-order valence-electron chi connectivity index (χ3n) is 2.87. The van der Waals surface area contributed by atoms with Gasteiger partial charge in [-0.3, -0.25) is 0 Å². The molecule has 1 rings (SSSR count). The number of carbonyl (C=O) groups excluding carboxylic acids is 1. The average molecular weight is 327 g/mol. The van der Waals surface area contributed by atoms with E-state index in [0.29, 0.717) is 0 Å². The first-order chi connectivity index (χ1) is 10.3. The number of nitrogens with zero attached hydrogens (tertiary/aromatic N) is 1. The van der Waals surface area contributed by atoms with E-state index >= 15 is 0 Å². The number of rotatable bonds is 7. The van der Waals surface area contributed by atoms with Gasteiger partial charge >= 0.3 is 5.97 Å². The molecular formula is C15H21NO5S. The predicted octanol–water partition coefficient (Wildman–Crippen LogP) is 2.07. The first-order valence-corrected chi connectivity index (χ1v) is 8.21. The van der Waals surface area contributed by atoms with Gasteiger partial charge in [-0.1, -0.05) is 19.1 Å². The fourth-order valence-corrected chi connectivity index (χ4v) is 2.72. The molecule has 0 bridgehead atoms. The highest BCUT2D eigenvalue weighted by atomic mass is 32.2. The van der Waals surface area contributed by atoms with E-state index in [9.17, 15) is 13.2 Å². The van der Waals surface area contributed by atoms with E-state index in [-0.39, 0.29) is 22.8 Å². The fourth-order valence-electron chi connectivity index (χ4n) is 1.64. The first-order valence-electron chi connectivity index (χ1n) is 6.77. The van der Waals surface area contributed by atoms with E-state index in [2.05, 4.69) is 0 Å². The van der Waals surface area contributed by atoms with Crippen LogP contribution in [0.25, 0.3) is 0 Å². The van der Waals surface area contributed by atoms with Gasteiger partial charge in [0.1, 0.15) is 17.3 Å². The van der Waals surface area contributed by atoms with Gasteiger partial charge in [-0.15, -0.1) is 0 Å². The molecule has 0 spiro atoms. The third-order valence-corrected chi connectivity index (χ3v) is 4.71. The van der Waals surface area contributed by atoms with Crippen LogP contribution >= 0.6 is 0 Å². The van der Waals surface area contributed by atoms with Crippen LogP contribution in [0.2, 0.25) is 0 Å². The standard InChI is InChI=1S/C15H21NO5S/c1-5-6-7-10-21-15(17)12-8-9-13(20-4)14(11-12)22(18,19)16(2)3/h6-9,11H,5,10H2,1-4H3/b7-6-. The van der Waals surface area contributed by atoms with Crippen LogP contribution in [0.3, 0.4) is 0 Å². The van der Waals surface area contributed by atoms with Gasteiger partial charge in [-0.05, 0) is 24.6 Å². The predicted molar refractivity (Wildman–Crippen MR) is 83.6 cm³/mol. The van der Waals surface area contributed by atoms with Gasteiger partial charge in [0.05, 0.1) is 12.7 Å². The lowest BCUT2D eigenvalue weighted by Crippen LogP contribution is -2.23. The van der Waals surface area contributed by atoms with Crippen LogP contribution in [0.15, 0.2) is 35.2 Å². The second-order valence-corrected chi connectivity index (χ2v) is 6.75. The van der Waals surface area contributed by atoms with Gasteiger partial charge < -0.3 is 9.47 Å². The Morgan fingerprint density at radius 3 is 2.50 bits per heavy atom. The molecule has 7 heteroatoms. The van der Waals surface area contributed by atoms with E-state index in [0.717, 1.165) is 10.7 Å². The molecule has 0 aromatic heterocycles. The number of methoxy groups -OCH3 is 1. The van der Waals surface area contributed by atoms with Crippen LogP contribution in [-0.4, -0.2) is 46.5 Å². The maximum Gasteiger partial charge on any atom is 0.338 e. The van der Waals surface area contributed by atoms with Crippen LogP contribution < -0.4 is 4.74 Å². The third kappa shape index (κ3) is 4.32. The summed E-state index contributed by atoms with van der Waals surface area (Å²) in [7, 11) is 0.478. The molecule has 0 radical (unpaired) electrons. The largest absolute Gasteiger partial charge is 0.495 e. The first kappa shape index (κ1) is 18.2. The molecule has 122 valence electrons. The second kappa shape index (κ2) is 7.95. The van der Waals surface area contributed by atoms with Crippen molar-refractivity contribution in [3.05, 3.63) is 35.9 Å². The molecule has 0 aliphatic heterocycles. The summed E-state index contributed by atoms with van der Waals surface area (Å²) in [5, 5.41) is 0. The van der Waals surface area contributed by atoms with Gasteiger partial charge in [0.25, 0.3) is 0 Å². The number of ether oxygens (including phenoxy) is 2. The molecule has 0 heterocycles. The SMILES string of the molecule is CC/C=C\COC(=O)c1ccc(OC)c(S(=O)(=O)N(C)C)c1. The monoisotopic (exact) mass is 327 g/mol. The quantitative estimate of drug-likeness (QED) is 0.566.